The van der Waals surface area contributed by atoms with Crippen molar-refractivity contribution < 1.29 is 29.0 Å². The molecule has 35 heavy (non-hydrogen) atoms. The van der Waals surface area contributed by atoms with Crippen LogP contribution in [0.15, 0.2) is 30.3 Å². The molecule has 0 aromatic heterocycles. The van der Waals surface area contributed by atoms with Crippen LogP contribution in [0.3, 0.4) is 0 Å². The van der Waals surface area contributed by atoms with Gasteiger partial charge in [-0.1, -0.05) is 57.5 Å². The van der Waals surface area contributed by atoms with Gasteiger partial charge in [-0.3, -0.25) is 14.4 Å². The molecule has 1 aromatic carbocycles. The minimum atomic E-state index is -1.15. The molecule has 3 unspecified atom stereocenters. The molecule has 0 saturated carbocycles. The van der Waals surface area contributed by atoms with Crippen LogP contribution in [0.1, 0.15) is 53.0 Å². The molecule has 3 saturated heterocycles. The highest BCUT2D eigenvalue weighted by Gasteiger charge is 2.80. The first-order valence-electron chi connectivity index (χ1n) is 12.8. The number of amides is 2. The number of aliphatic hydroxyl groups is 1. The van der Waals surface area contributed by atoms with Crippen LogP contribution in [0, 0.1) is 23.7 Å². The molecular weight excluding hydrogens is 448 g/mol. The van der Waals surface area contributed by atoms with Gasteiger partial charge in [-0.05, 0) is 37.7 Å². The van der Waals surface area contributed by atoms with E-state index in [1.807, 2.05) is 58.0 Å². The number of ether oxygens (including phenoxy) is 2. The second kappa shape index (κ2) is 9.54. The number of carbonyl (C=O) groups is 3. The first kappa shape index (κ1) is 25.6. The van der Waals surface area contributed by atoms with Crippen molar-refractivity contribution in [2.75, 3.05) is 13.2 Å². The third kappa shape index (κ3) is 3.85. The Balaban J connectivity index is 1.77. The highest BCUT2D eigenvalue weighted by Crippen LogP contribution is 2.65. The van der Waals surface area contributed by atoms with E-state index in [0.717, 1.165) is 12.0 Å². The quantitative estimate of drug-likeness (QED) is 0.519. The third-order valence-electron chi connectivity index (χ3n) is 8.70. The van der Waals surface area contributed by atoms with Gasteiger partial charge in [0, 0.05) is 6.54 Å². The third-order valence-corrected chi connectivity index (χ3v) is 8.70. The monoisotopic (exact) mass is 486 g/mol. The van der Waals surface area contributed by atoms with Gasteiger partial charge in [0.05, 0.1) is 30.8 Å². The van der Waals surface area contributed by atoms with Crippen LogP contribution in [0.25, 0.3) is 0 Å². The van der Waals surface area contributed by atoms with E-state index in [2.05, 4.69) is 5.32 Å². The van der Waals surface area contributed by atoms with Crippen LogP contribution in [0.5, 0.6) is 0 Å². The summed E-state index contributed by atoms with van der Waals surface area (Å²) in [6, 6.07) is 8.05. The summed E-state index contributed by atoms with van der Waals surface area (Å²) in [6.07, 6.45) is 1.20. The summed E-state index contributed by atoms with van der Waals surface area (Å²) in [5.41, 5.74) is -1.11. The van der Waals surface area contributed by atoms with Gasteiger partial charge in [0.15, 0.2) is 0 Å². The molecule has 3 aliphatic rings. The second-order valence-electron chi connectivity index (χ2n) is 10.5. The number of hydrogen-bond acceptors (Lipinski definition) is 6. The molecule has 8 nitrogen and oxygen atoms in total. The Morgan fingerprint density at radius 2 is 1.97 bits per heavy atom. The van der Waals surface area contributed by atoms with Crippen molar-refractivity contribution in [3.8, 4) is 0 Å². The number of benzene rings is 1. The van der Waals surface area contributed by atoms with Gasteiger partial charge >= 0.3 is 5.97 Å². The van der Waals surface area contributed by atoms with Crippen molar-refractivity contribution in [3.05, 3.63) is 35.9 Å². The molecule has 8 atom stereocenters. The number of aliphatic hydroxyl groups excluding tert-OH is 1. The highest BCUT2D eigenvalue weighted by molar-refractivity contribution is 5.98. The molecule has 3 heterocycles. The number of fused-ring (bicyclic) bond motifs is 1. The van der Waals surface area contributed by atoms with E-state index in [9.17, 15) is 19.5 Å². The average molecular weight is 487 g/mol. The maximum Gasteiger partial charge on any atom is 0.312 e. The zero-order chi connectivity index (χ0) is 25.5. The van der Waals surface area contributed by atoms with Gasteiger partial charge in [-0.15, -0.1) is 0 Å². The zero-order valence-electron chi connectivity index (χ0n) is 21.3. The Labute approximate surface area is 207 Å². The molecule has 3 aliphatic heterocycles. The van der Waals surface area contributed by atoms with E-state index >= 15 is 0 Å². The smallest absolute Gasteiger partial charge is 0.312 e. The van der Waals surface area contributed by atoms with E-state index in [0.29, 0.717) is 13.0 Å². The van der Waals surface area contributed by atoms with Crippen molar-refractivity contribution in [2.24, 2.45) is 23.7 Å². The normalized spacial score (nSPS) is 35.0. The predicted molar refractivity (Wildman–Crippen MR) is 129 cm³/mol. The number of esters is 1. The molecule has 1 spiro atoms. The molecule has 0 radical (unpaired) electrons. The van der Waals surface area contributed by atoms with Gasteiger partial charge in [0.2, 0.25) is 11.8 Å². The summed E-state index contributed by atoms with van der Waals surface area (Å²) in [4.78, 5) is 42.7. The lowest BCUT2D eigenvalue weighted by molar-refractivity contribution is -0.162. The molecule has 192 valence electrons. The van der Waals surface area contributed by atoms with E-state index in [1.54, 1.807) is 6.92 Å². The molecule has 1 aromatic rings. The Kier molecular flexibility index (Phi) is 6.99. The van der Waals surface area contributed by atoms with Crippen LogP contribution >= 0.6 is 0 Å². The molecular formula is C27H38N2O6. The molecule has 3 fully saturated rings. The number of carbonyl (C=O) groups excluding carboxylic acids is 3. The van der Waals surface area contributed by atoms with E-state index < -0.39 is 41.1 Å². The Morgan fingerprint density at radius 3 is 2.57 bits per heavy atom. The molecule has 0 aliphatic carbocycles. The van der Waals surface area contributed by atoms with Crippen LogP contribution in [-0.2, 0) is 30.4 Å². The summed E-state index contributed by atoms with van der Waals surface area (Å²) in [6.45, 7) is 9.78. The number of nitrogens with one attached hydrogen (secondary N) is 1. The Morgan fingerprint density at radius 1 is 1.29 bits per heavy atom. The topological polar surface area (TPSA) is 105 Å². The van der Waals surface area contributed by atoms with Gasteiger partial charge in [-0.25, -0.2) is 0 Å². The fourth-order valence-electron chi connectivity index (χ4n) is 6.62. The number of likely N-dealkylation sites (tertiary alicyclic amines) is 1. The van der Waals surface area contributed by atoms with Gasteiger partial charge in [-0.2, -0.15) is 0 Å². The summed E-state index contributed by atoms with van der Waals surface area (Å²) in [5, 5.41) is 13.4. The zero-order valence-corrected chi connectivity index (χ0v) is 21.3. The first-order chi connectivity index (χ1) is 16.7. The number of hydrogen-bond donors (Lipinski definition) is 2. The van der Waals surface area contributed by atoms with Crippen molar-refractivity contribution in [2.45, 2.75) is 77.3 Å². The largest absolute Gasteiger partial charge is 0.466 e. The van der Waals surface area contributed by atoms with E-state index in [1.165, 1.54) is 4.90 Å². The van der Waals surface area contributed by atoms with Gasteiger partial charge < -0.3 is 24.8 Å². The van der Waals surface area contributed by atoms with Crippen LogP contribution in [0.4, 0.5) is 0 Å². The minimum absolute atomic E-state index is 0.0464. The van der Waals surface area contributed by atoms with Gasteiger partial charge in [0.1, 0.15) is 17.6 Å². The van der Waals surface area contributed by atoms with E-state index in [4.69, 9.17) is 9.47 Å². The summed E-state index contributed by atoms with van der Waals surface area (Å²) < 4.78 is 12.0. The fraction of sp³-hybridized carbons (Fsp3) is 0.667. The highest BCUT2D eigenvalue weighted by atomic mass is 16.6. The number of nitrogens with zero attached hydrogens (tertiary/aromatic N) is 1. The molecule has 2 amide bonds. The lowest BCUT2D eigenvalue weighted by Crippen LogP contribution is -2.59. The van der Waals surface area contributed by atoms with Crippen molar-refractivity contribution >= 4 is 17.8 Å². The number of rotatable bonds is 9. The maximum absolute atomic E-state index is 14.1. The van der Waals surface area contributed by atoms with Gasteiger partial charge in [0.25, 0.3) is 0 Å². The standard InChI is InChI=1S/C27H38N2O6/c1-6-16(3)19(15-30)29-22(23(31)28-14-18-11-9-8-10-12-18)27-13-17(4)26(5,35-27)21(20(27)24(29)32)25(33)34-7-2/h8-12,16-17,19-22,30H,6-7,13-15H2,1-5H3,(H,28,31)/t16-,17?,19-,20-,21-,22?,26+,27?/m0/s1. The van der Waals surface area contributed by atoms with Crippen LogP contribution in [0.2, 0.25) is 0 Å². The molecule has 2 bridgehead atoms. The molecule has 8 heteroatoms. The SMILES string of the molecule is CCOC(=O)[C@@H]1[C@H]2C(=O)N([C@@H](CO)[C@@H](C)CC)C(C(=O)NCc3ccccc3)C23CC(C)[C@@]1(C)O3. The maximum atomic E-state index is 14.1. The second-order valence-corrected chi connectivity index (χ2v) is 10.5. The van der Waals surface area contributed by atoms with Crippen molar-refractivity contribution in [3.63, 3.8) is 0 Å². The Hall–Kier alpha value is -2.45. The van der Waals surface area contributed by atoms with Crippen LogP contribution in [-0.4, -0.2) is 64.3 Å². The summed E-state index contributed by atoms with van der Waals surface area (Å²) >= 11 is 0. The lowest BCUT2D eigenvalue weighted by atomic mass is 9.62. The summed E-state index contributed by atoms with van der Waals surface area (Å²) in [5.74, 6) is -2.82. The molecule has 2 N–H and O–H groups in total. The van der Waals surface area contributed by atoms with Crippen LogP contribution < -0.4 is 5.32 Å². The first-order valence-corrected chi connectivity index (χ1v) is 12.8. The average Bonchev–Trinajstić information content (AvgIpc) is 3.36. The molecule has 4 rings (SSSR count). The predicted octanol–water partition coefficient (Wildman–Crippen LogP) is 2.28. The van der Waals surface area contributed by atoms with Crippen molar-refractivity contribution in [1.82, 2.24) is 10.2 Å². The fourth-order valence-corrected chi connectivity index (χ4v) is 6.62. The summed E-state index contributed by atoms with van der Waals surface area (Å²) in [7, 11) is 0. The van der Waals surface area contributed by atoms with E-state index in [-0.39, 0.29) is 36.9 Å². The van der Waals surface area contributed by atoms with Crippen molar-refractivity contribution in [1.29, 1.82) is 0 Å². The lowest BCUT2D eigenvalue weighted by Gasteiger charge is -2.39. The Bertz CT molecular complexity index is 970. The minimum Gasteiger partial charge on any atom is -0.466 e.